The van der Waals surface area contributed by atoms with Gasteiger partial charge in [0.05, 0.1) is 22.9 Å². The van der Waals surface area contributed by atoms with E-state index in [2.05, 4.69) is 46.5 Å². The minimum atomic E-state index is 0.266. The van der Waals surface area contributed by atoms with Crippen molar-refractivity contribution >= 4 is 17.3 Å². The number of rotatable bonds is 5. The van der Waals surface area contributed by atoms with Crippen molar-refractivity contribution < 1.29 is 0 Å². The Morgan fingerprint density at radius 1 is 1.25 bits per heavy atom. The molecule has 2 aromatic heterocycles. The second kappa shape index (κ2) is 7.79. The van der Waals surface area contributed by atoms with Crippen LogP contribution in [0.4, 0.5) is 0 Å². The SMILES string of the molecule is CN=C(NCc1sc(C)nc1C)NC(C)Cc1c(C)nn(C)c1C. The van der Waals surface area contributed by atoms with E-state index in [1.807, 2.05) is 25.6 Å². The normalized spacial score (nSPS) is 13.2. The van der Waals surface area contributed by atoms with Gasteiger partial charge in [0.1, 0.15) is 0 Å². The van der Waals surface area contributed by atoms with E-state index in [1.165, 1.54) is 16.1 Å². The first-order valence-electron chi connectivity index (χ1n) is 8.21. The molecule has 2 rings (SSSR count). The highest BCUT2D eigenvalue weighted by Crippen LogP contribution is 2.17. The van der Waals surface area contributed by atoms with Gasteiger partial charge in [0.25, 0.3) is 0 Å². The van der Waals surface area contributed by atoms with Gasteiger partial charge in [0, 0.05) is 30.7 Å². The standard InChI is InChI=1S/C17H28N6S/c1-10(8-15-11(2)22-23(7)13(15)4)20-17(18-6)19-9-16-12(3)21-14(5)24-16/h10H,8-9H2,1-7H3,(H2,18,19,20). The van der Waals surface area contributed by atoms with E-state index in [-0.39, 0.29) is 6.04 Å². The maximum absolute atomic E-state index is 4.49. The first kappa shape index (κ1) is 18.4. The molecule has 7 heteroatoms. The highest BCUT2D eigenvalue weighted by molar-refractivity contribution is 7.11. The molecular weight excluding hydrogens is 320 g/mol. The fraction of sp³-hybridized carbons (Fsp3) is 0.588. The van der Waals surface area contributed by atoms with Gasteiger partial charge in [-0.05, 0) is 46.6 Å². The number of nitrogens with one attached hydrogen (secondary N) is 2. The largest absolute Gasteiger partial charge is 0.354 e. The van der Waals surface area contributed by atoms with Crippen LogP contribution >= 0.6 is 11.3 Å². The lowest BCUT2D eigenvalue weighted by molar-refractivity contribution is 0.635. The molecule has 2 heterocycles. The first-order valence-corrected chi connectivity index (χ1v) is 9.02. The van der Waals surface area contributed by atoms with Crippen molar-refractivity contribution in [2.24, 2.45) is 12.0 Å². The van der Waals surface area contributed by atoms with E-state index in [1.54, 1.807) is 18.4 Å². The van der Waals surface area contributed by atoms with Gasteiger partial charge in [-0.2, -0.15) is 5.10 Å². The van der Waals surface area contributed by atoms with Crippen LogP contribution in [-0.4, -0.2) is 33.8 Å². The molecule has 0 fully saturated rings. The fourth-order valence-electron chi connectivity index (χ4n) is 2.80. The van der Waals surface area contributed by atoms with Crippen molar-refractivity contribution in [1.82, 2.24) is 25.4 Å². The van der Waals surface area contributed by atoms with Crippen molar-refractivity contribution in [1.29, 1.82) is 0 Å². The van der Waals surface area contributed by atoms with Gasteiger partial charge in [-0.1, -0.05) is 0 Å². The van der Waals surface area contributed by atoms with Crippen molar-refractivity contribution in [2.45, 2.75) is 53.6 Å². The van der Waals surface area contributed by atoms with Crippen molar-refractivity contribution in [2.75, 3.05) is 7.05 Å². The Hall–Kier alpha value is -1.89. The maximum Gasteiger partial charge on any atom is 0.191 e. The Morgan fingerprint density at radius 3 is 2.46 bits per heavy atom. The monoisotopic (exact) mass is 348 g/mol. The highest BCUT2D eigenvalue weighted by Gasteiger charge is 2.14. The number of nitrogens with zero attached hydrogens (tertiary/aromatic N) is 4. The number of aromatic nitrogens is 3. The van der Waals surface area contributed by atoms with Crippen LogP contribution in [0.15, 0.2) is 4.99 Å². The summed E-state index contributed by atoms with van der Waals surface area (Å²) in [6, 6.07) is 0.266. The zero-order chi connectivity index (χ0) is 17.9. The summed E-state index contributed by atoms with van der Waals surface area (Å²) in [7, 11) is 3.79. The number of aryl methyl sites for hydroxylation is 4. The predicted octanol–water partition coefficient (Wildman–Crippen LogP) is 2.41. The number of thiazole rings is 1. The molecule has 1 unspecified atom stereocenters. The first-order chi connectivity index (χ1) is 11.3. The van der Waals surface area contributed by atoms with Gasteiger partial charge in [-0.25, -0.2) is 4.98 Å². The molecule has 0 aliphatic heterocycles. The Labute approximate surface area is 148 Å². The van der Waals surface area contributed by atoms with E-state index in [9.17, 15) is 0 Å². The smallest absolute Gasteiger partial charge is 0.191 e. The quantitative estimate of drug-likeness (QED) is 0.643. The summed E-state index contributed by atoms with van der Waals surface area (Å²) in [5.41, 5.74) is 4.72. The summed E-state index contributed by atoms with van der Waals surface area (Å²) in [4.78, 5) is 10.0. The lowest BCUT2D eigenvalue weighted by atomic mass is 10.1. The molecule has 0 aliphatic rings. The highest BCUT2D eigenvalue weighted by atomic mass is 32.1. The molecule has 132 valence electrons. The summed E-state index contributed by atoms with van der Waals surface area (Å²) in [6.07, 6.45) is 0.922. The molecule has 0 aliphatic carbocycles. The van der Waals surface area contributed by atoms with Crippen molar-refractivity contribution in [3.05, 3.63) is 32.5 Å². The van der Waals surface area contributed by atoms with Crippen LogP contribution in [0.3, 0.4) is 0 Å². The van der Waals surface area contributed by atoms with Gasteiger partial charge in [-0.15, -0.1) is 11.3 Å². The molecule has 6 nitrogen and oxygen atoms in total. The van der Waals surface area contributed by atoms with Crippen molar-refractivity contribution in [3.63, 3.8) is 0 Å². The lowest BCUT2D eigenvalue weighted by Gasteiger charge is -2.18. The second-order valence-corrected chi connectivity index (χ2v) is 7.48. The van der Waals surface area contributed by atoms with Gasteiger partial charge >= 0.3 is 0 Å². The zero-order valence-corrected chi connectivity index (χ0v) is 16.5. The van der Waals surface area contributed by atoms with Gasteiger partial charge in [-0.3, -0.25) is 9.67 Å². The molecule has 0 saturated heterocycles. The number of hydrogen-bond donors (Lipinski definition) is 2. The van der Waals surface area contributed by atoms with Crippen LogP contribution in [0.25, 0.3) is 0 Å². The molecule has 2 N–H and O–H groups in total. The van der Waals surface area contributed by atoms with Gasteiger partial charge in [0.15, 0.2) is 5.96 Å². The van der Waals surface area contributed by atoms with E-state index >= 15 is 0 Å². The lowest BCUT2D eigenvalue weighted by Crippen LogP contribution is -2.42. The fourth-order valence-corrected chi connectivity index (χ4v) is 3.68. The Bertz CT molecular complexity index is 728. The molecule has 24 heavy (non-hydrogen) atoms. The summed E-state index contributed by atoms with van der Waals surface area (Å²) >= 11 is 1.73. The Morgan fingerprint density at radius 2 is 1.96 bits per heavy atom. The molecular formula is C17H28N6S. The summed E-state index contributed by atoms with van der Waals surface area (Å²) < 4.78 is 1.94. The molecule has 0 bridgehead atoms. The number of guanidine groups is 1. The third kappa shape index (κ3) is 4.35. The van der Waals surface area contributed by atoms with Gasteiger partial charge < -0.3 is 10.6 Å². The minimum absolute atomic E-state index is 0.266. The van der Waals surface area contributed by atoms with Crippen LogP contribution in [0.2, 0.25) is 0 Å². The second-order valence-electron chi connectivity index (χ2n) is 6.19. The zero-order valence-electron chi connectivity index (χ0n) is 15.7. The summed E-state index contributed by atoms with van der Waals surface area (Å²) in [5, 5.41) is 12.4. The van der Waals surface area contributed by atoms with E-state index in [0.717, 1.165) is 35.3 Å². The molecule has 0 aromatic carbocycles. The maximum atomic E-state index is 4.49. The summed E-state index contributed by atoms with van der Waals surface area (Å²) in [6.45, 7) is 11.2. The molecule has 0 spiro atoms. The minimum Gasteiger partial charge on any atom is -0.354 e. The predicted molar refractivity (Wildman–Crippen MR) is 101 cm³/mol. The van der Waals surface area contributed by atoms with E-state index in [4.69, 9.17) is 0 Å². The van der Waals surface area contributed by atoms with Crippen LogP contribution < -0.4 is 10.6 Å². The van der Waals surface area contributed by atoms with E-state index < -0.39 is 0 Å². The van der Waals surface area contributed by atoms with Crippen molar-refractivity contribution in [3.8, 4) is 0 Å². The molecule has 0 saturated carbocycles. The summed E-state index contributed by atoms with van der Waals surface area (Å²) in [5.74, 6) is 0.812. The number of hydrogen-bond acceptors (Lipinski definition) is 4. The van der Waals surface area contributed by atoms with Gasteiger partial charge in [0.2, 0.25) is 0 Å². The van der Waals surface area contributed by atoms with Crippen LogP contribution in [0.5, 0.6) is 0 Å². The molecule has 1 atom stereocenters. The Balaban J connectivity index is 1.93. The van der Waals surface area contributed by atoms with Crippen LogP contribution in [-0.2, 0) is 20.0 Å². The molecule has 2 aromatic rings. The topological polar surface area (TPSA) is 67.1 Å². The van der Waals surface area contributed by atoms with Crippen LogP contribution in [0, 0.1) is 27.7 Å². The molecule has 0 radical (unpaired) electrons. The average molecular weight is 349 g/mol. The average Bonchev–Trinajstić information content (AvgIpc) is 2.96. The Kier molecular flexibility index (Phi) is 5.99. The van der Waals surface area contributed by atoms with E-state index in [0.29, 0.717) is 0 Å². The van der Waals surface area contributed by atoms with Crippen LogP contribution in [0.1, 0.15) is 39.5 Å². The third-order valence-corrected chi connectivity index (χ3v) is 5.26. The molecule has 0 amide bonds. The number of aliphatic imine (C=N–C) groups is 1. The third-order valence-electron chi connectivity index (χ3n) is 4.19.